The van der Waals surface area contributed by atoms with Gasteiger partial charge in [-0.25, -0.2) is 0 Å². The molecule has 3 rings (SSSR count). The molecule has 110 valence electrons. The summed E-state index contributed by atoms with van der Waals surface area (Å²) in [6.07, 6.45) is 4.71. The molecule has 2 atom stereocenters. The van der Waals surface area contributed by atoms with Crippen LogP contribution < -0.4 is 16.4 Å². The Bertz CT molecular complexity index is 608. The summed E-state index contributed by atoms with van der Waals surface area (Å²) in [5.74, 6) is 0.0225. The van der Waals surface area contributed by atoms with Gasteiger partial charge in [-0.2, -0.15) is 0 Å². The van der Waals surface area contributed by atoms with E-state index in [1.54, 1.807) is 0 Å². The molecule has 4 N–H and O–H groups in total. The Balaban J connectivity index is 1.60. The molecule has 1 amide bonds. The summed E-state index contributed by atoms with van der Waals surface area (Å²) >= 11 is 0. The lowest BCUT2D eigenvalue weighted by Gasteiger charge is -2.12. The van der Waals surface area contributed by atoms with Gasteiger partial charge in [-0.15, -0.1) is 0 Å². The fraction of sp³-hybridized carbons (Fsp3) is 0.312. The van der Waals surface area contributed by atoms with Crippen molar-refractivity contribution in [3.05, 3.63) is 54.4 Å². The van der Waals surface area contributed by atoms with Crippen LogP contribution in [0.3, 0.4) is 0 Å². The Hall–Kier alpha value is -2.11. The van der Waals surface area contributed by atoms with Crippen molar-refractivity contribution in [1.29, 1.82) is 0 Å². The van der Waals surface area contributed by atoms with Crippen LogP contribution >= 0.6 is 0 Å². The van der Waals surface area contributed by atoms with Crippen molar-refractivity contribution >= 4 is 5.91 Å². The first-order valence-electron chi connectivity index (χ1n) is 7.21. The minimum absolute atomic E-state index is 0.0225. The van der Waals surface area contributed by atoms with Crippen LogP contribution in [-0.2, 0) is 11.3 Å². The second-order valence-electron chi connectivity index (χ2n) is 5.43. The van der Waals surface area contributed by atoms with Crippen molar-refractivity contribution in [2.45, 2.75) is 25.0 Å². The van der Waals surface area contributed by atoms with E-state index < -0.39 is 0 Å². The van der Waals surface area contributed by atoms with Gasteiger partial charge in [0.05, 0.1) is 6.04 Å². The van der Waals surface area contributed by atoms with Gasteiger partial charge in [0.2, 0.25) is 5.91 Å². The average molecular weight is 284 g/mol. The summed E-state index contributed by atoms with van der Waals surface area (Å²) in [5, 5.41) is 6.10. The lowest BCUT2D eigenvalue weighted by Crippen LogP contribution is -2.40. The quantitative estimate of drug-likeness (QED) is 0.777. The third-order valence-corrected chi connectivity index (χ3v) is 3.76. The first-order valence-corrected chi connectivity index (χ1v) is 7.21. The van der Waals surface area contributed by atoms with Gasteiger partial charge in [-0.3, -0.25) is 4.79 Å². The van der Waals surface area contributed by atoms with Gasteiger partial charge in [-0.1, -0.05) is 12.1 Å². The van der Waals surface area contributed by atoms with Crippen molar-refractivity contribution in [1.82, 2.24) is 15.2 Å². The number of carbonyl (C=O) groups is 1. The largest absolute Gasteiger partial charge is 0.351 e. The van der Waals surface area contributed by atoms with E-state index in [4.69, 9.17) is 5.73 Å². The molecule has 0 unspecified atom stereocenters. The number of benzene rings is 1. The number of nitrogens with two attached hydrogens (primary N) is 1. The molecule has 5 heteroatoms. The predicted octanol–water partition coefficient (Wildman–Crippen LogP) is 0.783. The zero-order valence-electron chi connectivity index (χ0n) is 11.8. The van der Waals surface area contributed by atoms with Crippen molar-refractivity contribution in [3.63, 3.8) is 0 Å². The van der Waals surface area contributed by atoms with E-state index >= 15 is 0 Å². The summed E-state index contributed by atoms with van der Waals surface area (Å²) in [7, 11) is 0. The number of aromatic nitrogens is 1. The molecule has 0 aliphatic carbocycles. The van der Waals surface area contributed by atoms with Crippen molar-refractivity contribution in [2.75, 3.05) is 6.54 Å². The molecule has 5 nitrogen and oxygen atoms in total. The molecular weight excluding hydrogens is 264 g/mol. The highest BCUT2D eigenvalue weighted by molar-refractivity contribution is 5.82. The number of nitrogens with zero attached hydrogens (tertiary/aromatic N) is 1. The molecular formula is C16H20N4O. The van der Waals surface area contributed by atoms with Gasteiger partial charge in [0.15, 0.2) is 0 Å². The fourth-order valence-electron chi connectivity index (χ4n) is 2.61. The maximum Gasteiger partial charge on any atom is 0.237 e. The van der Waals surface area contributed by atoms with Gasteiger partial charge in [-0.05, 0) is 36.2 Å². The summed E-state index contributed by atoms with van der Waals surface area (Å²) in [5.41, 5.74) is 7.97. The minimum Gasteiger partial charge on any atom is -0.351 e. The van der Waals surface area contributed by atoms with Crippen LogP contribution in [0.5, 0.6) is 0 Å². The summed E-state index contributed by atoms with van der Waals surface area (Å²) in [6.45, 7) is 1.24. The second-order valence-corrected chi connectivity index (χ2v) is 5.43. The van der Waals surface area contributed by atoms with Crippen LogP contribution in [0.1, 0.15) is 12.0 Å². The number of nitrogens with one attached hydrogen (secondary N) is 2. The maximum absolute atomic E-state index is 12.0. The molecule has 2 heterocycles. The van der Waals surface area contributed by atoms with Gasteiger partial charge in [0.25, 0.3) is 0 Å². The number of amides is 1. The molecule has 0 radical (unpaired) electrons. The number of carbonyl (C=O) groups excluding carboxylic acids is 1. The SMILES string of the molecule is N[C@@H]1CN[C@H](C(=O)NCc2cccc(-n3cccc3)c2)C1. The standard InChI is InChI=1S/C16H20N4O/c17-13-9-15(18-11-13)16(21)19-10-12-4-3-5-14(8-12)20-6-1-2-7-20/h1-8,13,15,18H,9-11,17H2,(H,19,21)/t13-,15-/m0/s1. The van der Waals surface area contributed by atoms with Gasteiger partial charge in [0.1, 0.15) is 0 Å². The average Bonchev–Trinajstić information content (AvgIpc) is 3.16. The zero-order chi connectivity index (χ0) is 14.7. The second kappa shape index (κ2) is 6.11. The number of hydrogen-bond acceptors (Lipinski definition) is 3. The van der Waals surface area contributed by atoms with E-state index in [0.29, 0.717) is 19.5 Å². The molecule has 1 saturated heterocycles. The summed E-state index contributed by atoms with van der Waals surface area (Å²) in [4.78, 5) is 12.0. The van der Waals surface area contributed by atoms with Gasteiger partial charge < -0.3 is 20.9 Å². The molecule has 1 aliphatic rings. The normalized spacial score (nSPS) is 21.4. The van der Waals surface area contributed by atoms with E-state index in [1.807, 2.05) is 47.3 Å². The topological polar surface area (TPSA) is 72.1 Å². The molecule has 1 aliphatic heterocycles. The van der Waals surface area contributed by atoms with Crippen LogP contribution in [0.2, 0.25) is 0 Å². The molecule has 0 bridgehead atoms. The van der Waals surface area contributed by atoms with Crippen LogP contribution in [0.15, 0.2) is 48.8 Å². The predicted molar refractivity (Wildman–Crippen MR) is 82.0 cm³/mol. The highest BCUT2D eigenvalue weighted by atomic mass is 16.2. The lowest BCUT2D eigenvalue weighted by molar-refractivity contribution is -0.122. The van der Waals surface area contributed by atoms with Gasteiger partial charge in [0, 0.05) is 37.2 Å². The number of hydrogen-bond donors (Lipinski definition) is 3. The van der Waals surface area contributed by atoms with Crippen molar-refractivity contribution in [3.8, 4) is 5.69 Å². The Kier molecular flexibility index (Phi) is 4.03. The summed E-state index contributed by atoms with van der Waals surface area (Å²) in [6, 6.07) is 12.0. The van der Waals surface area contributed by atoms with Crippen LogP contribution in [0.25, 0.3) is 5.69 Å². The van der Waals surface area contributed by atoms with E-state index in [0.717, 1.165) is 11.3 Å². The molecule has 1 aromatic heterocycles. The van der Waals surface area contributed by atoms with E-state index in [9.17, 15) is 4.79 Å². The first-order chi connectivity index (χ1) is 10.2. The minimum atomic E-state index is -0.160. The smallest absolute Gasteiger partial charge is 0.237 e. The Morgan fingerprint density at radius 3 is 2.86 bits per heavy atom. The van der Waals surface area contributed by atoms with Crippen LogP contribution in [0.4, 0.5) is 0 Å². The van der Waals surface area contributed by atoms with Crippen molar-refractivity contribution in [2.24, 2.45) is 5.73 Å². The fourth-order valence-corrected chi connectivity index (χ4v) is 2.61. The van der Waals surface area contributed by atoms with Crippen LogP contribution in [0, 0.1) is 0 Å². The molecule has 1 fully saturated rings. The third-order valence-electron chi connectivity index (χ3n) is 3.76. The van der Waals surface area contributed by atoms with E-state index in [-0.39, 0.29) is 18.0 Å². The van der Waals surface area contributed by atoms with Crippen LogP contribution in [-0.4, -0.2) is 29.1 Å². The maximum atomic E-state index is 12.0. The van der Waals surface area contributed by atoms with Crippen molar-refractivity contribution < 1.29 is 4.79 Å². The molecule has 2 aromatic rings. The Labute approximate surface area is 124 Å². The molecule has 0 saturated carbocycles. The third kappa shape index (κ3) is 3.32. The first kappa shape index (κ1) is 13.9. The highest BCUT2D eigenvalue weighted by Crippen LogP contribution is 2.11. The highest BCUT2D eigenvalue weighted by Gasteiger charge is 2.26. The van der Waals surface area contributed by atoms with E-state index in [2.05, 4.69) is 16.7 Å². The Morgan fingerprint density at radius 2 is 2.14 bits per heavy atom. The monoisotopic (exact) mass is 284 g/mol. The van der Waals surface area contributed by atoms with E-state index in [1.165, 1.54) is 0 Å². The summed E-state index contributed by atoms with van der Waals surface area (Å²) < 4.78 is 2.04. The molecule has 0 spiro atoms. The molecule has 21 heavy (non-hydrogen) atoms. The molecule has 1 aromatic carbocycles. The zero-order valence-corrected chi connectivity index (χ0v) is 11.8. The lowest BCUT2D eigenvalue weighted by atomic mass is 10.1. The van der Waals surface area contributed by atoms with Gasteiger partial charge >= 0.3 is 0 Å². The Morgan fingerprint density at radius 1 is 1.33 bits per heavy atom. The number of rotatable bonds is 4.